The summed E-state index contributed by atoms with van der Waals surface area (Å²) in [6.45, 7) is 5.46. The molecule has 0 amide bonds. The lowest BCUT2D eigenvalue weighted by Crippen LogP contribution is -2.28. The lowest BCUT2D eigenvalue weighted by atomic mass is 9.99. The Balaban J connectivity index is 1.61. The fourth-order valence-electron chi connectivity index (χ4n) is 3.62. The van der Waals surface area contributed by atoms with Gasteiger partial charge in [0.15, 0.2) is 0 Å². The largest absolute Gasteiger partial charge is 0.384 e. The number of fused-ring (bicyclic) bond motifs is 2. The third kappa shape index (κ3) is 2.39. The first-order valence-corrected chi connectivity index (χ1v) is 8.00. The van der Waals surface area contributed by atoms with Crippen molar-refractivity contribution in [2.45, 2.75) is 32.7 Å². The van der Waals surface area contributed by atoms with Crippen LogP contribution in [0.4, 0.5) is 11.4 Å². The molecule has 0 saturated heterocycles. The first-order valence-electron chi connectivity index (χ1n) is 8.00. The van der Waals surface area contributed by atoms with Crippen LogP contribution in [0.25, 0.3) is 0 Å². The predicted octanol–water partition coefficient (Wildman–Crippen LogP) is 3.92. The molecule has 4 rings (SSSR count). The van der Waals surface area contributed by atoms with Gasteiger partial charge in [-0.05, 0) is 55.0 Å². The van der Waals surface area contributed by atoms with Crippen molar-refractivity contribution >= 4 is 11.4 Å². The van der Waals surface area contributed by atoms with Gasteiger partial charge < -0.3 is 10.2 Å². The molecule has 0 aromatic heterocycles. The van der Waals surface area contributed by atoms with E-state index in [1.165, 1.54) is 59.4 Å². The Morgan fingerprint density at radius 3 is 2.95 bits per heavy atom. The molecular weight excluding hydrogens is 256 g/mol. The van der Waals surface area contributed by atoms with Crippen molar-refractivity contribution in [1.29, 1.82) is 0 Å². The summed E-state index contributed by atoms with van der Waals surface area (Å²) in [5.74, 6) is 0. The van der Waals surface area contributed by atoms with Crippen LogP contribution in [0.2, 0.25) is 0 Å². The highest BCUT2D eigenvalue weighted by atomic mass is 15.1. The van der Waals surface area contributed by atoms with E-state index in [1.807, 2.05) is 0 Å². The third-order valence-electron chi connectivity index (χ3n) is 4.71. The second kappa shape index (κ2) is 5.10. The summed E-state index contributed by atoms with van der Waals surface area (Å²) in [5, 5.41) is 3.49. The molecular formula is C19H22N2. The average molecular weight is 278 g/mol. The number of nitrogens with one attached hydrogen (secondary N) is 1. The van der Waals surface area contributed by atoms with Gasteiger partial charge in [0.05, 0.1) is 0 Å². The van der Waals surface area contributed by atoms with Gasteiger partial charge in [0.25, 0.3) is 0 Å². The van der Waals surface area contributed by atoms with Crippen LogP contribution >= 0.6 is 0 Å². The monoisotopic (exact) mass is 278 g/mol. The predicted molar refractivity (Wildman–Crippen MR) is 89.2 cm³/mol. The Morgan fingerprint density at radius 1 is 1.05 bits per heavy atom. The van der Waals surface area contributed by atoms with Crippen molar-refractivity contribution in [3.63, 3.8) is 0 Å². The van der Waals surface area contributed by atoms with Crippen molar-refractivity contribution in [3.05, 3.63) is 58.7 Å². The van der Waals surface area contributed by atoms with Crippen LogP contribution in [-0.2, 0) is 19.4 Å². The van der Waals surface area contributed by atoms with Crippen LogP contribution in [0.1, 0.15) is 28.7 Å². The molecule has 2 aromatic carbocycles. The molecule has 2 nitrogen and oxygen atoms in total. The molecule has 1 N–H and O–H groups in total. The number of nitrogens with zero attached hydrogens (tertiary/aromatic N) is 1. The Hall–Kier alpha value is -1.96. The summed E-state index contributed by atoms with van der Waals surface area (Å²) >= 11 is 0. The van der Waals surface area contributed by atoms with E-state index >= 15 is 0 Å². The van der Waals surface area contributed by atoms with Crippen LogP contribution < -0.4 is 10.2 Å². The second-order valence-electron chi connectivity index (χ2n) is 6.33. The molecule has 0 fully saturated rings. The van der Waals surface area contributed by atoms with Crippen LogP contribution in [0, 0.1) is 6.92 Å². The van der Waals surface area contributed by atoms with Gasteiger partial charge in [-0.25, -0.2) is 0 Å². The molecule has 108 valence electrons. The molecule has 2 aliphatic rings. The molecule has 0 atom stereocenters. The maximum atomic E-state index is 3.49. The fourth-order valence-corrected chi connectivity index (χ4v) is 3.62. The fraction of sp³-hybridized carbons (Fsp3) is 0.368. The smallest absolute Gasteiger partial charge is 0.0430 e. The summed E-state index contributed by atoms with van der Waals surface area (Å²) in [6, 6.07) is 13.8. The molecule has 0 aliphatic carbocycles. The molecule has 2 heterocycles. The van der Waals surface area contributed by atoms with Crippen LogP contribution in [0.15, 0.2) is 36.4 Å². The Bertz CT molecular complexity index is 675. The maximum absolute atomic E-state index is 3.49. The van der Waals surface area contributed by atoms with E-state index in [0.717, 1.165) is 13.1 Å². The lowest BCUT2D eigenvalue weighted by Gasteiger charge is -2.31. The van der Waals surface area contributed by atoms with Gasteiger partial charge in [-0.2, -0.15) is 0 Å². The molecule has 21 heavy (non-hydrogen) atoms. The molecule has 0 radical (unpaired) electrons. The van der Waals surface area contributed by atoms with E-state index in [1.54, 1.807) is 0 Å². The van der Waals surface area contributed by atoms with Crippen LogP contribution in [0.3, 0.4) is 0 Å². The SMILES string of the molecule is Cc1ccc2c(c1)CCCN2Cc1ccc2c(c1)NCC2. The van der Waals surface area contributed by atoms with Gasteiger partial charge in [-0.15, -0.1) is 0 Å². The number of benzene rings is 2. The molecule has 2 aromatic rings. The lowest BCUT2D eigenvalue weighted by molar-refractivity contribution is 0.691. The number of rotatable bonds is 2. The van der Waals surface area contributed by atoms with Gasteiger partial charge in [-0.3, -0.25) is 0 Å². The van der Waals surface area contributed by atoms with Gasteiger partial charge in [0.1, 0.15) is 0 Å². The summed E-state index contributed by atoms with van der Waals surface area (Å²) in [6.07, 6.45) is 3.65. The highest BCUT2D eigenvalue weighted by molar-refractivity contribution is 5.60. The topological polar surface area (TPSA) is 15.3 Å². The minimum Gasteiger partial charge on any atom is -0.384 e. The maximum Gasteiger partial charge on any atom is 0.0430 e. The molecule has 0 spiro atoms. The molecule has 0 saturated carbocycles. The number of anilines is 2. The Labute approximate surface area is 126 Å². The zero-order valence-electron chi connectivity index (χ0n) is 12.7. The molecule has 2 heteroatoms. The zero-order valence-corrected chi connectivity index (χ0v) is 12.7. The average Bonchev–Trinajstić information content (AvgIpc) is 2.95. The number of hydrogen-bond donors (Lipinski definition) is 1. The first-order chi connectivity index (χ1) is 10.3. The van der Waals surface area contributed by atoms with Gasteiger partial charge >= 0.3 is 0 Å². The van der Waals surface area contributed by atoms with E-state index in [2.05, 4.69) is 53.5 Å². The van der Waals surface area contributed by atoms with E-state index in [9.17, 15) is 0 Å². The van der Waals surface area contributed by atoms with E-state index in [-0.39, 0.29) is 0 Å². The van der Waals surface area contributed by atoms with Crippen molar-refractivity contribution in [1.82, 2.24) is 0 Å². The standard InChI is InChI=1S/C19H22N2/c1-14-4-7-19-17(11-14)3-2-10-21(19)13-15-5-6-16-8-9-20-18(16)12-15/h4-7,11-12,20H,2-3,8-10,13H2,1H3. The van der Waals surface area contributed by atoms with Crippen molar-refractivity contribution in [2.24, 2.45) is 0 Å². The number of aryl methyl sites for hydroxylation is 2. The van der Waals surface area contributed by atoms with E-state index < -0.39 is 0 Å². The molecule has 0 bridgehead atoms. The second-order valence-corrected chi connectivity index (χ2v) is 6.33. The Kier molecular flexibility index (Phi) is 3.10. The Morgan fingerprint density at radius 2 is 2.00 bits per heavy atom. The van der Waals surface area contributed by atoms with Gasteiger partial charge in [0, 0.05) is 31.0 Å². The van der Waals surface area contributed by atoms with Crippen molar-refractivity contribution in [3.8, 4) is 0 Å². The highest BCUT2D eigenvalue weighted by Gasteiger charge is 2.18. The van der Waals surface area contributed by atoms with Gasteiger partial charge in [0.2, 0.25) is 0 Å². The van der Waals surface area contributed by atoms with Crippen LogP contribution in [-0.4, -0.2) is 13.1 Å². The van der Waals surface area contributed by atoms with E-state index in [4.69, 9.17) is 0 Å². The van der Waals surface area contributed by atoms with Gasteiger partial charge in [-0.1, -0.05) is 29.8 Å². The summed E-state index contributed by atoms with van der Waals surface area (Å²) in [4.78, 5) is 2.54. The third-order valence-corrected chi connectivity index (χ3v) is 4.71. The highest BCUT2D eigenvalue weighted by Crippen LogP contribution is 2.30. The zero-order chi connectivity index (χ0) is 14.2. The van der Waals surface area contributed by atoms with Crippen LogP contribution in [0.5, 0.6) is 0 Å². The number of hydrogen-bond acceptors (Lipinski definition) is 2. The van der Waals surface area contributed by atoms with Crippen molar-refractivity contribution in [2.75, 3.05) is 23.3 Å². The molecule has 0 unspecified atom stereocenters. The summed E-state index contributed by atoms with van der Waals surface area (Å²) < 4.78 is 0. The summed E-state index contributed by atoms with van der Waals surface area (Å²) in [7, 11) is 0. The normalized spacial score (nSPS) is 16.3. The minimum absolute atomic E-state index is 1.02. The first kappa shape index (κ1) is 12.8. The minimum atomic E-state index is 1.02. The molecule has 2 aliphatic heterocycles. The van der Waals surface area contributed by atoms with Crippen molar-refractivity contribution < 1.29 is 0 Å². The van der Waals surface area contributed by atoms with E-state index in [0.29, 0.717) is 0 Å². The summed E-state index contributed by atoms with van der Waals surface area (Å²) in [5.41, 5.74) is 8.54. The quantitative estimate of drug-likeness (QED) is 0.896.